The van der Waals surface area contributed by atoms with Crippen molar-refractivity contribution in [2.75, 3.05) is 17.4 Å². The van der Waals surface area contributed by atoms with Gasteiger partial charge in [-0.1, -0.05) is 53.1 Å². The molecule has 3 aromatic carbocycles. The highest BCUT2D eigenvalue weighted by Gasteiger charge is 2.70. The smallest absolute Gasteiger partial charge is 0.417 e. The molecule has 2 saturated heterocycles. The van der Waals surface area contributed by atoms with Crippen molar-refractivity contribution in [3.8, 4) is 11.5 Å². The average Bonchev–Trinajstić information content (AvgIpc) is 3.53. The lowest BCUT2D eigenvalue weighted by atomic mass is 9.49. The Morgan fingerprint density at radius 1 is 0.945 bits per heavy atom. The maximum atomic E-state index is 15.3. The molecule has 282 valence electrons. The maximum Gasteiger partial charge on any atom is 0.417 e. The standard InChI is InChI=1S/C39H28Cl2F3IN4O6/c1-55-30-15-23(50)10-11-25(30)32-24-12-13-26-31(36(53)48(34(26)51)22-8-6-21(45)7-9-22)27(24)16-28-35(52)49(37(54)38(28,32)18-2-4-20(40)5-3-18)47-33-29(41)14-19(17-46-33)39(42,43)44/h2-12,14-15,17,26-28,31-32,50H,13,16H2,1H3,(H,46,47)/t26-,27+,28-,31-,32+,38+/m0/s1. The molecule has 10 nitrogen and oxygen atoms in total. The minimum absolute atomic E-state index is 0.0526. The molecule has 2 aliphatic carbocycles. The van der Waals surface area contributed by atoms with Gasteiger partial charge in [0.1, 0.15) is 11.5 Å². The van der Waals surface area contributed by atoms with Gasteiger partial charge in [-0.15, -0.1) is 0 Å². The summed E-state index contributed by atoms with van der Waals surface area (Å²) in [6, 6.07) is 18.4. The summed E-state index contributed by atoms with van der Waals surface area (Å²) >= 11 is 14.7. The van der Waals surface area contributed by atoms with Gasteiger partial charge in [-0.2, -0.15) is 18.2 Å². The highest BCUT2D eigenvalue weighted by molar-refractivity contribution is 14.1. The Morgan fingerprint density at radius 3 is 2.31 bits per heavy atom. The molecule has 1 saturated carbocycles. The number of amides is 4. The zero-order valence-electron chi connectivity index (χ0n) is 28.5. The Labute approximate surface area is 335 Å². The van der Waals surface area contributed by atoms with E-state index >= 15 is 4.79 Å². The largest absolute Gasteiger partial charge is 0.508 e. The van der Waals surface area contributed by atoms with Crippen LogP contribution in [0.4, 0.5) is 24.7 Å². The van der Waals surface area contributed by atoms with Crippen molar-refractivity contribution >= 4 is 80.9 Å². The van der Waals surface area contributed by atoms with E-state index in [1.807, 2.05) is 6.08 Å². The third-order valence-corrected chi connectivity index (χ3v) is 12.4. The van der Waals surface area contributed by atoms with Crippen molar-refractivity contribution in [3.05, 3.63) is 121 Å². The van der Waals surface area contributed by atoms with Gasteiger partial charge in [0.05, 0.1) is 46.6 Å². The number of rotatable bonds is 6. The second-order valence-electron chi connectivity index (χ2n) is 13.8. The number of aromatic nitrogens is 1. The number of hydrazine groups is 1. The predicted molar refractivity (Wildman–Crippen MR) is 203 cm³/mol. The van der Waals surface area contributed by atoms with Gasteiger partial charge in [-0.3, -0.25) is 29.5 Å². The molecule has 3 heterocycles. The van der Waals surface area contributed by atoms with E-state index in [9.17, 15) is 32.7 Å². The van der Waals surface area contributed by atoms with Crippen LogP contribution in [0.5, 0.6) is 11.5 Å². The van der Waals surface area contributed by atoms with Crippen molar-refractivity contribution < 1.29 is 42.2 Å². The Kier molecular flexibility index (Phi) is 9.16. The Hall–Kier alpha value is -4.67. The molecule has 3 fully saturated rings. The summed E-state index contributed by atoms with van der Waals surface area (Å²) in [6.07, 6.45) is -2.25. The van der Waals surface area contributed by atoms with Gasteiger partial charge < -0.3 is 9.84 Å². The molecule has 0 unspecified atom stereocenters. The number of carbonyl (C=O) groups excluding carboxylic acids is 4. The number of fused-ring (bicyclic) bond motifs is 4. The average molecular weight is 903 g/mol. The molecule has 4 aromatic rings. The number of phenols is 1. The first-order valence-corrected chi connectivity index (χ1v) is 18.8. The lowest BCUT2D eigenvalue weighted by Gasteiger charge is -2.50. The third-order valence-electron chi connectivity index (χ3n) is 11.2. The molecule has 8 rings (SSSR count). The van der Waals surface area contributed by atoms with Gasteiger partial charge in [0.15, 0.2) is 5.82 Å². The lowest BCUT2D eigenvalue weighted by Crippen LogP contribution is -2.53. The molecular formula is C39H28Cl2F3IN4O6. The zero-order valence-corrected chi connectivity index (χ0v) is 32.2. The van der Waals surface area contributed by atoms with E-state index in [0.29, 0.717) is 39.7 Å². The summed E-state index contributed by atoms with van der Waals surface area (Å²) in [5.41, 5.74) is 1.54. The normalized spacial score (nSPS) is 26.1. The molecular weight excluding hydrogens is 875 g/mol. The molecule has 2 aliphatic heterocycles. The van der Waals surface area contributed by atoms with Gasteiger partial charge >= 0.3 is 6.18 Å². The number of halogens is 6. The highest BCUT2D eigenvalue weighted by Crippen LogP contribution is 2.65. The summed E-state index contributed by atoms with van der Waals surface area (Å²) < 4.78 is 47.1. The number of anilines is 2. The monoisotopic (exact) mass is 902 g/mol. The topological polar surface area (TPSA) is 129 Å². The molecule has 4 amide bonds. The van der Waals surface area contributed by atoms with E-state index in [0.717, 1.165) is 8.58 Å². The van der Waals surface area contributed by atoms with Gasteiger partial charge in [-0.05, 0) is 95.4 Å². The second-order valence-corrected chi connectivity index (χ2v) is 15.9. The van der Waals surface area contributed by atoms with E-state index in [1.54, 1.807) is 54.6 Å². The fourth-order valence-electron chi connectivity index (χ4n) is 8.91. The number of phenolic OH excluding ortho intramolecular Hbond substituents is 1. The highest BCUT2D eigenvalue weighted by atomic mass is 127. The molecule has 0 bridgehead atoms. The van der Waals surface area contributed by atoms with E-state index in [-0.39, 0.29) is 36.1 Å². The van der Waals surface area contributed by atoms with E-state index < -0.39 is 69.5 Å². The number of carbonyl (C=O) groups is 4. The van der Waals surface area contributed by atoms with Crippen LogP contribution in [-0.4, -0.2) is 45.8 Å². The number of alkyl halides is 3. The minimum Gasteiger partial charge on any atom is -0.508 e. The molecule has 0 radical (unpaired) electrons. The number of nitrogens with one attached hydrogen (secondary N) is 1. The van der Waals surface area contributed by atoms with Crippen LogP contribution in [0, 0.1) is 27.2 Å². The Balaban J connectivity index is 1.32. The number of hydrogen-bond donors (Lipinski definition) is 2. The number of nitrogens with zero attached hydrogens (tertiary/aromatic N) is 3. The molecule has 2 N–H and O–H groups in total. The van der Waals surface area contributed by atoms with Gasteiger partial charge in [0.25, 0.3) is 11.8 Å². The maximum absolute atomic E-state index is 15.3. The van der Waals surface area contributed by atoms with Crippen LogP contribution in [-0.2, 0) is 30.8 Å². The number of hydrogen-bond acceptors (Lipinski definition) is 8. The summed E-state index contributed by atoms with van der Waals surface area (Å²) in [4.78, 5) is 63.7. The van der Waals surface area contributed by atoms with Crippen LogP contribution in [0.15, 0.2) is 90.6 Å². The van der Waals surface area contributed by atoms with Gasteiger partial charge in [-0.25, -0.2) is 4.98 Å². The number of ether oxygens (including phenoxy) is 1. The van der Waals surface area contributed by atoms with E-state index in [4.69, 9.17) is 27.9 Å². The van der Waals surface area contributed by atoms with Crippen LogP contribution in [0.1, 0.15) is 35.4 Å². The first-order chi connectivity index (χ1) is 26.2. The molecule has 0 spiro atoms. The SMILES string of the molecule is COc1cc(O)ccc1[C@H]1C2=CC[C@@H]3C(=O)N(c4ccc(I)cc4)C(=O)[C@@H]3[C@@H]2C[C@H]2C(=O)N(Nc3ncc(C(F)(F)F)cc3Cl)C(=O)[C@@]12c1ccc(Cl)cc1. The number of aromatic hydroxyl groups is 1. The fraction of sp³-hybridized carbons (Fsp3) is 0.256. The van der Waals surface area contributed by atoms with Crippen molar-refractivity contribution in [2.24, 2.45) is 23.7 Å². The number of pyridine rings is 1. The summed E-state index contributed by atoms with van der Waals surface area (Å²) in [5, 5.41) is 11.1. The lowest BCUT2D eigenvalue weighted by molar-refractivity contribution is -0.139. The molecule has 6 atom stereocenters. The van der Waals surface area contributed by atoms with E-state index in [1.165, 1.54) is 24.1 Å². The van der Waals surface area contributed by atoms with Gasteiger partial charge in [0.2, 0.25) is 11.8 Å². The summed E-state index contributed by atoms with van der Waals surface area (Å²) in [5.74, 6) is -7.25. The molecule has 55 heavy (non-hydrogen) atoms. The number of allylic oxidation sites excluding steroid dienone is 2. The van der Waals surface area contributed by atoms with Crippen molar-refractivity contribution in [3.63, 3.8) is 0 Å². The second kappa shape index (κ2) is 13.5. The Bertz CT molecular complexity index is 2330. The van der Waals surface area contributed by atoms with Crippen molar-refractivity contribution in [1.82, 2.24) is 9.99 Å². The molecule has 4 aliphatic rings. The van der Waals surface area contributed by atoms with Gasteiger partial charge in [0, 0.05) is 32.3 Å². The Morgan fingerprint density at radius 2 is 1.65 bits per heavy atom. The number of methoxy groups -OCH3 is 1. The van der Waals surface area contributed by atoms with Crippen molar-refractivity contribution in [2.45, 2.75) is 30.4 Å². The first kappa shape index (κ1) is 37.3. The third kappa shape index (κ3) is 5.77. The number of benzene rings is 3. The number of imide groups is 2. The first-order valence-electron chi connectivity index (χ1n) is 17.0. The predicted octanol–water partition coefficient (Wildman–Crippen LogP) is 7.92. The quantitative estimate of drug-likeness (QED) is 0.114. The molecule has 1 aromatic heterocycles. The van der Waals surface area contributed by atoms with Crippen LogP contribution in [0.2, 0.25) is 10.0 Å². The minimum atomic E-state index is -4.76. The van der Waals surface area contributed by atoms with Crippen LogP contribution >= 0.6 is 45.8 Å². The van der Waals surface area contributed by atoms with Crippen LogP contribution in [0.3, 0.4) is 0 Å². The zero-order chi connectivity index (χ0) is 39.1. The summed E-state index contributed by atoms with van der Waals surface area (Å²) in [6.45, 7) is 0. The van der Waals surface area contributed by atoms with Crippen molar-refractivity contribution in [1.29, 1.82) is 0 Å². The summed E-state index contributed by atoms with van der Waals surface area (Å²) in [7, 11) is 1.39. The van der Waals surface area contributed by atoms with E-state index in [2.05, 4.69) is 33.0 Å². The van der Waals surface area contributed by atoms with Crippen LogP contribution < -0.4 is 15.1 Å². The molecule has 16 heteroatoms. The van der Waals surface area contributed by atoms with Crippen LogP contribution in [0.25, 0.3) is 0 Å². The fourth-order valence-corrected chi connectivity index (χ4v) is 9.60.